The van der Waals surface area contributed by atoms with Crippen LogP contribution in [-0.4, -0.2) is 35.8 Å². The lowest BCUT2D eigenvalue weighted by molar-refractivity contribution is 0.287. The van der Waals surface area contributed by atoms with Gasteiger partial charge >= 0.3 is 0 Å². The smallest absolute Gasteiger partial charge is 0.228 e. The molecule has 0 radical (unpaired) electrons. The first-order valence-electron chi connectivity index (χ1n) is 10.0. The number of aryl methyl sites for hydroxylation is 2. The summed E-state index contributed by atoms with van der Waals surface area (Å²) >= 11 is 0. The molecule has 0 atom stereocenters. The fourth-order valence-electron chi connectivity index (χ4n) is 2.57. The molecule has 0 spiro atoms. The number of benzene rings is 1. The average Bonchev–Trinajstić information content (AvgIpc) is 3.05. The van der Waals surface area contributed by atoms with E-state index in [9.17, 15) is 0 Å². The molecule has 2 aromatic rings. The first-order chi connectivity index (χ1) is 13.5. The van der Waals surface area contributed by atoms with Crippen molar-refractivity contribution >= 4 is 29.9 Å². The normalized spacial score (nSPS) is 11.3. The fraction of sp³-hybridized carbons (Fsp3) is 0.571. The molecule has 0 saturated carbocycles. The molecule has 0 saturated heterocycles. The van der Waals surface area contributed by atoms with Crippen LogP contribution in [0.5, 0.6) is 5.75 Å². The van der Waals surface area contributed by atoms with E-state index < -0.39 is 0 Å². The van der Waals surface area contributed by atoms with Crippen LogP contribution in [0.2, 0.25) is 0 Å². The molecule has 1 aromatic heterocycles. The Bertz CT molecular complexity index is 761. The largest absolute Gasteiger partial charge is 0.493 e. The van der Waals surface area contributed by atoms with Crippen LogP contribution in [0.25, 0.3) is 0 Å². The molecule has 0 aliphatic carbocycles. The predicted octanol–water partition coefficient (Wildman–Crippen LogP) is 4.03. The standard InChI is InChI=1S/C21H33N5O2.HI/c1-6-22-21(23-11-9-20-25-17(5)26-28-20)24-14-18-8-7-16(4)13-19(18)27-12-10-15(2)3;/h7-8,13,15H,6,9-12,14H2,1-5H3,(H2,22,23,24);1H. The molecule has 2 rings (SSSR count). The van der Waals surface area contributed by atoms with Gasteiger partial charge in [-0.1, -0.05) is 31.1 Å². The van der Waals surface area contributed by atoms with E-state index in [1.54, 1.807) is 0 Å². The minimum Gasteiger partial charge on any atom is -0.493 e. The summed E-state index contributed by atoms with van der Waals surface area (Å²) in [7, 11) is 0. The second-order valence-electron chi connectivity index (χ2n) is 7.25. The third kappa shape index (κ3) is 9.47. The molecule has 0 aliphatic heterocycles. The minimum atomic E-state index is 0. The van der Waals surface area contributed by atoms with Crippen molar-refractivity contribution in [3.63, 3.8) is 0 Å². The lowest BCUT2D eigenvalue weighted by Gasteiger charge is -2.14. The van der Waals surface area contributed by atoms with Gasteiger partial charge in [0.25, 0.3) is 0 Å². The molecule has 7 nitrogen and oxygen atoms in total. The zero-order valence-electron chi connectivity index (χ0n) is 18.1. The number of nitrogens with zero attached hydrogens (tertiary/aromatic N) is 3. The topological polar surface area (TPSA) is 84.6 Å². The van der Waals surface area contributed by atoms with Gasteiger partial charge < -0.3 is 19.9 Å². The summed E-state index contributed by atoms with van der Waals surface area (Å²) in [5.74, 6) is 3.58. The lowest BCUT2D eigenvalue weighted by Crippen LogP contribution is -2.38. The molecular formula is C21H34IN5O2. The Morgan fingerprint density at radius 1 is 1.24 bits per heavy atom. The van der Waals surface area contributed by atoms with Crippen molar-refractivity contribution < 1.29 is 9.26 Å². The molecule has 0 amide bonds. The van der Waals surface area contributed by atoms with Crippen LogP contribution in [0, 0.1) is 19.8 Å². The SMILES string of the molecule is CCNC(=NCc1ccc(C)cc1OCCC(C)C)NCCc1nc(C)no1.I. The van der Waals surface area contributed by atoms with E-state index in [1.165, 1.54) is 5.56 Å². The van der Waals surface area contributed by atoms with Crippen molar-refractivity contribution in [2.45, 2.75) is 54.0 Å². The Morgan fingerprint density at radius 2 is 2.03 bits per heavy atom. The number of ether oxygens (including phenoxy) is 1. The van der Waals surface area contributed by atoms with E-state index in [1.807, 2.05) is 13.8 Å². The summed E-state index contributed by atoms with van der Waals surface area (Å²) in [6.07, 6.45) is 1.69. The van der Waals surface area contributed by atoms with Crippen molar-refractivity contribution in [2.24, 2.45) is 10.9 Å². The van der Waals surface area contributed by atoms with E-state index in [2.05, 4.69) is 59.7 Å². The van der Waals surface area contributed by atoms with Crippen molar-refractivity contribution in [3.05, 3.63) is 41.0 Å². The van der Waals surface area contributed by atoms with E-state index in [-0.39, 0.29) is 24.0 Å². The Kier molecular flexibility index (Phi) is 11.6. The zero-order valence-corrected chi connectivity index (χ0v) is 20.4. The van der Waals surface area contributed by atoms with Crippen LogP contribution in [-0.2, 0) is 13.0 Å². The summed E-state index contributed by atoms with van der Waals surface area (Å²) in [5, 5.41) is 10.4. The first-order valence-corrected chi connectivity index (χ1v) is 10.0. The highest BCUT2D eigenvalue weighted by Crippen LogP contribution is 2.22. The second-order valence-corrected chi connectivity index (χ2v) is 7.25. The predicted molar refractivity (Wildman–Crippen MR) is 127 cm³/mol. The summed E-state index contributed by atoms with van der Waals surface area (Å²) in [5.41, 5.74) is 2.27. The summed E-state index contributed by atoms with van der Waals surface area (Å²) < 4.78 is 11.2. The van der Waals surface area contributed by atoms with E-state index in [0.717, 1.165) is 36.8 Å². The molecule has 0 fully saturated rings. The monoisotopic (exact) mass is 515 g/mol. The lowest BCUT2D eigenvalue weighted by atomic mass is 10.1. The third-order valence-corrected chi connectivity index (χ3v) is 4.13. The summed E-state index contributed by atoms with van der Waals surface area (Å²) in [6.45, 7) is 13.1. The maximum atomic E-state index is 6.02. The van der Waals surface area contributed by atoms with Gasteiger partial charge in [0.15, 0.2) is 11.8 Å². The maximum absolute atomic E-state index is 6.02. The van der Waals surface area contributed by atoms with Gasteiger partial charge in [-0.2, -0.15) is 4.98 Å². The van der Waals surface area contributed by atoms with Crippen molar-refractivity contribution in [3.8, 4) is 5.75 Å². The van der Waals surface area contributed by atoms with E-state index in [0.29, 0.717) is 37.1 Å². The van der Waals surface area contributed by atoms with Gasteiger partial charge in [0.1, 0.15) is 5.75 Å². The van der Waals surface area contributed by atoms with Gasteiger partial charge in [-0.25, -0.2) is 4.99 Å². The molecule has 0 unspecified atom stereocenters. The molecule has 162 valence electrons. The molecule has 29 heavy (non-hydrogen) atoms. The fourth-order valence-corrected chi connectivity index (χ4v) is 2.57. The minimum absolute atomic E-state index is 0. The quantitative estimate of drug-likeness (QED) is 0.283. The first kappa shape index (κ1) is 25.2. The number of aliphatic imine (C=N–C) groups is 1. The van der Waals surface area contributed by atoms with Gasteiger partial charge in [0.05, 0.1) is 13.2 Å². The number of halogens is 1. The molecule has 0 bridgehead atoms. The summed E-state index contributed by atoms with van der Waals surface area (Å²) in [4.78, 5) is 8.91. The van der Waals surface area contributed by atoms with Crippen molar-refractivity contribution in [1.29, 1.82) is 0 Å². The second kappa shape index (κ2) is 13.4. The van der Waals surface area contributed by atoms with Crippen LogP contribution in [0.1, 0.15) is 50.0 Å². The third-order valence-electron chi connectivity index (χ3n) is 4.13. The molecule has 8 heteroatoms. The maximum Gasteiger partial charge on any atom is 0.228 e. The molecule has 1 aromatic carbocycles. The van der Waals surface area contributed by atoms with Crippen molar-refractivity contribution in [2.75, 3.05) is 19.7 Å². The molecule has 0 aliphatic rings. The molecule has 2 N–H and O–H groups in total. The van der Waals surface area contributed by atoms with Gasteiger partial charge in [0, 0.05) is 25.1 Å². The number of hydrogen-bond donors (Lipinski definition) is 2. The Balaban J connectivity index is 0.00000420. The van der Waals surface area contributed by atoms with Crippen LogP contribution >= 0.6 is 24.0 Å². The van der Waals surface area contributed by atoms with E-state index in [4.69, 9.17) is 14.3 Å². The number of aromatic nitrogens is 2. The average molecular weight is 515 g/mol. The Morgan fingerprint density at radius 3 is 2.69 bits per heavy atom. The van der Waals surface area contributed by atoms with Gasteiger partial charge in [-0.3, -0.25) is 0 Å². The Hall–Kier alpha value is -1.84. The molecular weight excluding hydrogens is 481 g/mol. The van der Waals surface area contributed by atoms with Gasteiger partial charge in [-0.05, 0) is 44.7 Å². The zero-order chi connectivity index (χ0) is 20.4. The van der Waals surface area contributed by atoms with Crippen LogP contribution < -0.4 is 15.4 Å². The van der Waals surface area contributed by atoms with Gasteiger partial charge in [0.2, 0.25) is 5.89 Å². The summed E-state index contributed by atoms with van der Waals surface area (Å²) in [6, 6.07) is 6.27. The number of rotatable bonds is 10. The van der Waals surface area contributed by atoms with E-state index >= 15 is 0 Å². The van der Waals surface area contributed by atoms with Crippen molar-refractivity contribution in [1.82, 2.24) is 20.8 Å². The number of hydrogen-bond acceptors (Lipinski definition) is 5. The highest BCUT2D eigenvalue weighted by molar-refractivity contribution is 14.0. The van der Waals surface area contributed by atoms with Crippen LogP contribution in [0.15, 0.2) is 27.7 Å². The highest BCUT2D eigenvalue weighted by Gasteiger charge is 2.07. The van der Waals surface area contributed by atoms with Crippen LogP contribution in [0.4, 0.5) is 0 Å². The Labute approximate surface area is 191 Å². The molecule has 1 heterocycles. The number of nitrogens with one attached hydrogen (secondary N) is 2. The number of guanidine groups is 1. The highest BCUT2D eigenvalue weighted by atomic mass is 127. The van der Waals surface area contributed by atoms with Crippen LogP contribution in [0.3, 0.4) is 0 Å². The van der Waals surface area contributed by atoms with Gasteiger partial charge in [-0.15, -0.1) is 24.0 Å².